The van der Waals surface area contributed by atoms with E-state index < -0.39 is 0 Å². The second-order valence-corrected chi connectivity index (χ2v) is 3.53. The Morgan fingerprint density at radius 2 is 2.06 bits per heavy atom. The number of rotatable bonds is 9. The zero-order chi connectivity index (χ0) is 12.4. The van der Waals surface area contributed by atoms with E-state index in [2.05, 4.69) is 10.6 Å². The molecule has 4 N–H and O–H groups in total. The second-order valence-electron chi connectivity index (χ2n) is 3.53. The summed E-state index contributed by atoms with van der Waals surface area (Å²) < 4.78 is 4.81. The second kappa shape index (κ2) is 9.11. The zero-order valence-electron chi connectivity index (χ0n) is 9.91. The first-order chi connectivity index (χ1) is 7.57. The van der Waals surface area contributed by atoms with Crippen molar-refractivity contribution < 1.29 is 14.3 Å². The molecule has 0 spiro atoms. The van der Waals surface area contributed by atoms with Crippen LogP contribution >= 0.6 is 0 Å². The number of primary amides is 1. The van der Waals surface area contributed by atoms with Gasteiger partial charge in [0.05, 0.1) is 12.6 Å². The van der Waals surface area contributed by atoms with Gasteiger partial charge in [-0.2, -0.15) is 0 Å². The predicted molar refractivity (Wildman–Crippen MR) is 60.8 cm³/mol. The lowest BCUT2D eigenvalue weighted by molar-refractivity contribution is -0.122. The molecule has 0 bridgehead atoms. The molecule has 0 aromatic heterocycles. The molecular formula is C10H21N3O3. The number of hydrogen-bond donors (Lipinski definition) is 3. The number of ether oxygens (including phenoxy) is 1. The lowest BCUT2D eigenvalue weighted by Crippen LogP contribution is -2.43. The molecule has 1 atom stereocenters. The van der Waals surface area contributed by atoms with Crippen LogP contribution in [0.4, 0.5) is 0 Å². The molecule has 94 valence electrons. The summed E-state index contributed by atoms with van der Waals surface area (Å²) >= 11 is 0. The first-order valence-corrected chi connectivity index (χ1v) is 5.36. The number of nitrogens with two attached hydrogens (primary N) is 1. The van der Waals surface area contributed by atoms with Gasteiger partial charge in [0, 0.05) is 20.1 Å². The highest BCUT2D eigenvalue weighted by atomic mass is 16.5. The largest absolute Gasteiger partial charge is 0.383 e. The summed E-state index contributed by atoms with van der Waals surface area (Å²) in [5.41, 5.74) is 4.99. The molecule has 0 radical (unpaired) electrons. The normalized spacial score (nSPS) is 12.1. The molecule has 0 aliphatic carbocycles. The third kappa shape index (κ3) is 8.19. The van der Waals surface area contributed by atoms with E-state index in [1.165, 1.54) is 0 Å². The van der Waals surface area contributed by atoms with Gasteiger partial charge >= 0.3 is 0 Å². The van der Waals surface area contributed by atoms with Crippen LogP contribution in [-0.2, 0) is 14.3 Å². The Morgan fingerprint density at radius 3 is 2.62 bits per heavy atom. The molecule has 0 fully saturated rings. The first-order valence-electron chi connectivity index (χ1n) is 5.36. The molecule has 6 nitrogen and oxygen atoms in total. The maximum atomic E-state index is 11.4. The van der Waals surface area contributed by atoms with Crippen molar-refractivity contribution in [2.75, 3.05) is 26.8 Å². The molecule has 0 rings (SSSR count). The van der Waals surface area contributed by atoms with E-state index in [9.17, 15) is 9.59 Å². The Kier molecular flexibility index (Phi) is 8.46. The highest BCUT2D eigenvalue weighted by molar-refractivity contribution is 5.81. The van der Waals surface area contributed by atoms with Gasteiger partial charge in [0.15, 0.2) is 0 Å². The van der Waals surface area contributed by atoms with Crippen molar-refractivity contribution in [3.8, 4) is 0 Å². The average molecular weight is 231 g/mol. The summed E-state index contributed by atoms with van der Waals surface area (Å²) in [6.45, 7) is 3.37. The maximum Gasteiger partial charge on any atom is 0.236 e. The van der Waals surface area contributed by atoms with Crippen LogP contribution in [0.1, 0.15) is 19.8 Å². The monoisotopic (exact) mass is 231 g/mol. The van der Waals surface area contributed by atoms with Crippen molar-refractivity contribution in [3.05, 3.63) is 0 Å². The quantitative estimate of drug-likeness (QED) is 0.443. The molecular weight excluding hydrogens is 210 g/mol. The fourth-order valence-electron chi connectivity index (χ4n) is 1.10. The molecule has 2 amide bonds. The van der Waals surface area contributed by atoms with Gasteiger partial charge in [-0.3, -0.25) is 9.59 Å². The van der Waals surface area contributed by atoms with Crippen LogP contribution in [0.15, 0.2) is 0 Å². The van der Waals surface area contributed by atoms with Gasteiger partial charge in [0.1, 0.15) is 0 Å². The van der Waals surface area contributed by atoms with E-state index in [-0.39, 0.29) is 17.9 Å². The number of nitrogens with one attached hydrogen (secondary N) is 2. The molecule has 16 heavy (non-hydrogen) atoms. The molecule has 0 aromatic rings. The van der Waals surface area contributed by atoms with Crippen LogP contribution in [-0.4, -0.2) is 44.7 Å². The molecule has 0 saturated carbocycles. The number of carbonyl (C=O) groups excluding carboxylic acids is 2. The average Bonchev–Trinajstić information content (AvgIpc) is 2.24. The summed E-state index contributed by atoms with van der Waals surface area (Å²) in [6, 6.07) is -0.273. The van der Waals surface area contributed by atoms with Gasteiger partial charge in [0.25, 0.3) is 0 Å². The molecule has 0 aromatic carbocycles. The fourth-order valence-corrected chi connectivity index (χ4v) is 1.10. The zero-order valence-corrected chi connectivity index (χ0v) is 9.91. The summed E-state index contributed by atoms with van der Waals surface area (Å²) in [5, 5.41) is 5.72. The highest BCUT2D eigenvalue weighted by Gasteiger charge is 2.10. The van der Waals surface area contributed by atoms with E-state index in [4.69, 9.17) is 10.5 Å². The Hall–Kier alpha value is -1.14. The SMILES string of the molecule is COCCNC(=O)C(C)NCCCC(N)=O. The van der Waals surface area contributed by atoms with E-state index in [1.54, 1.807) is 14.0 Å². The van der Waals surface area contributed by atoms with Crippen molar-refractivity contribution in [1.82, 2.24) is 10.6 Å². The van der Waals surface area contributed by atoms with E-state index in [1.807, 2.05) is 0 Å². The Balaban J connectivity index is 3.51. The summed E-state index contributed by atoms with van der Waals surface area (Å²) in [4.78, 5) is 21.9. The maximum absolute atomic E-state index is 11.4. The molecule has 6 heteroatoms. The van der Waals surface area contributed by atoms with Gasteiger partial charge in [0.2, 0.25) is 11.8 Å². The van der Waals surface area contributed by atoms with Crippen molar-refractivity contribution in [3.63, 3.8) is 0 Å². The van der Waals surface area contributed by atoms with E-state index in [0.29, 0.717) is 32.5 Å². The van der Waals surface area contributed by atoms with Crippen molar-refractivity contribution in [2.45, 2.75) is 25.8 Å². The number of hydrogen-bond acceptors (Lipinski definition) is 4. The van der Waals surface area contributed by atoms with Crippen molar-refractivity contribution in [1.29, 1.82) is 0 Å². The highest BCUT2D eigenvalue weighted by Crippen LogP contribution is 1.87. The Morgan fingerprint density at radius 1 is 1.38 bits per heavy atom. The summed E-state index contributed by atoms with van der Waals surface area (Å²) in [7, 11) is 1.58. The minimum Gasteiger partial charge on any atom is -0.383 e. The molecule has 0 aliphatic heterocycles. The van der Waals surface area contributed by atoms with Crippen LogP contribution in [0, 0.1) is 0 Å². The Labute approximate surface area is 95.9 Å². The lowest BCUT2D eigenvalue weighted by Gasteiger charge is -2.13. The summed E-state index contributed by atoms with van der Waals surface area (Å²) in [5.74, 6) is -0.393. The number of carbonyl (C=O) groups is 2. The van der Waals surface area contributed by atoms with Gasteiger partial charge in [-0.25, -0.2) is 0 Å². The van der Waals surface area contributed by atoms with E-state index >= 15 is 0 Å². The third-order valence-corrected chi connectivity index (χ3v) is 2.05. The van der Waals surface area contributed by atoms with Crippen LogP contribution in [0.25, 0.3) is 0 Å². The van der Waals surface area contributed by atoms with Crippen LogP contribution in [0.3, 0.4) is 0 Å². The van der Waals surface area contributed by atoms with Gasteiger partial charge in [-0.1, -0.05) is 0 Å². The predicted octanol–water partition coefficient (Wildman–Crippen LogP) is -1.01. The minimum atomic E-state index is -0.320. The molecule has 0 heterocycles. The number of amides is 2. The lowest BCUT2D eigenvalue weighted by atomic mass is 10.2. The number of methoxy groups -OCH3 is 1. The molecule has 0 saturated heterocycles. The first kappa shape index (κ1) is 14.9. The van der Waals surface area contributed by atoms with E-state index in [0.717, 1.165) is 0 Å². The topological polar surface area (TPSA) is 93.4 Å². The van der Waals surface area contributed by atoms with Gasteiger partial charge < -0.3 is 21.1 Å². The standard InChI is InChI=1S/C10H21N3O3/c1-8(10(15)13-6-7-16-2)12-5-3-4-9(11)14/h8,12H,3-7H2,1-2H3,(H2,11,14)(H,13,15). The van der Waals surface area contributed by atoms with Crippen LogP contribution in [0.5, 0.6) is 0 Å². The minimum absolute atomic E-state index is 0.0730. The smallest absolute Gasteiger partial charge is 0.236 e. The molecule has 1 unspecified atom stereocenters. The van der Waals surface area contributed by atoms with Crippen LogP contribution < -0.4 is 16.4 Å². The van der Waals surface area contributed by atoms with Gasteiger partial charge in [-0.05, 0) is 19.9 Å². The van der Waals surface area contributed by atoms with Crippen LogP contribution in [0.2, 0.25) is 0 Å². The van der Waals surface area contributed by atoms with Crippen molar-refractivity contribution in [2.24, 2.45) is 5.73 Å². The van der Waals surface area contributed by atoms with Gasteiger partial charge in [-0.15, -0.1) is 0 Å². The Bertz CT molecular complexity index is 221. The third-order valence-electron chi connectivity index (χ3n) is 2.05. The molecule has 0 aliphatic rings. The van der Waals surface area contributed by atoms with Crippen molar-refractivity contribution >= 4 is 11.8 Å². The fraction of sp³-hybridized carbons (Fsp3) is 0.800. The summed E-state index contributed by atoms with van der Waals surface area (Å²) in [6.07, 6.45) is 0.982.